The first-order chi connectivity index (χ1) is 38.1. The van der Waals surface area contributed by atoms with Gasteiger partial charge in [-0.15, -0.1) is 0 Å². The second-order valence-corrected chi connectivity index (χ2v) is 90.8. The quantitative estimate of drug-likeness (QED) is 0.0670. The van der Waals surface area contributed by atoms with Gasteiger partial charge in [-0.3, -0.25) is 9.59 Å². The fourth-order valence-corrected chi connectivity index (χ4v) is 38.5. The maximum Gasteiger partial charge on any atom is 0.311 e. The van der Waals surface area contributed by atoms with E-state index >= 15 is 0 Å². The highest BCUT2D eigenvalue weighted by Crippen LogP contribution is 2.44. The minimum absolute atomic E-state index is 0.0171. The van der Waals surface area contributed by atoms with Crippen molar-refractivity contribution >= 4 is 93.7 Å². The van der Waals surface area contributed by atoms with Gasteiger partial charge in [-0.1, -0.05) is 266 Å². The molecule has 530 valence electrons. The van der Waals surface area contributed by atoms with E-state index in [1.165, 1.54) is 50.6 Å². The monoisotopic (exact) mass is 1400 g/mol. The lowest BCUT2D eigenvalue weighted by molar-refractivity contribution is -0.159. The summed E-state index contributed by atoms with van der Waals surface area (Å²) in [6.45, 7) is 104. The highest BCUT2D eigenvalue weighted by atomic mass is 28.4. The van der Waals surface area contributed by atoms with E-state index in [-0.39, 0.29) is 35.0 Å². The second-order valence-electron chi connectivity index (χ2n) is 39.1. The number of esters is 2. The Morgan fingerprint density at radius 2 is 0.816 bits per heavy atom. The molecule has 1 aliphatic rings. The van der Waals surface area contributed by atoms with Gasteiger partial charge in [-0.05, 0) is 145 Å². The zero-order chi connectivity index (χ0) is 71.4. The minimum Gasteiger partial charge on any atom is -0.463 e. The van der Waals surface area contributed by atoms with Crippen LogP contribution in [0.2, 0.25) is 228 Å². The molecule has 0 aromatic carbocycles. The first kappa shape index (κ1) is 99.1. The van der Waals surface area contributed by atoms with Crippen molar-refractivity contribution in [1.82, 2.24) is 0 Å². The minimum atomic E-state index is -1.64. The largest absolute Gasteiger partial charge is 0.463 e. The Hall–Kier alpha value is 1.03. The van der Waals surface area contributed by atoms with Gasteiger partial charge in [0.05, 0.1) is 25.0 Å². The summed E-state index contributed by atoms with van der Waals surface area (Å²) in [4.78, 5) is 24.4. The Balaban J connectivity index is -0.000000225. The molecule has 87 heavy (non-hydrogen) atoms. The molecule has 0 saturated carbocycles. The standard InChI is InChI=1S/C15H34O2Si2.C13H28O3Si2.C10H24Si.C9H24OSi2.C9H22Si.C8H20Si.C7H18Si/c1-10-15(2,3)14(16)17-13(11-18(4,5)6)12-19(7,8)9;1-8-13(2,3)12(14)15-11-9-17(4,5)16-18(6,7)10-11;1-8-9(2)11(6,7)10(3,4)5;1-8-9(2)12(6,7)10-11(3,4)5;1-6-9(2)7-8-10(3,4)5;1-6-8(2)7-9(3,4)5;1-6-7(2)8(3,4)5/h13H,10-12H2,1-9H3;11H,8-10H2,1-7H3;9H,8H2,1-7H3;9H,8H2,1-7H3;9H,6-8H2,1-5H3;8H,6-7H2,1-5H3;7H,6H2,1-5H3. The molecule has 1 heterocycles. The molecule has 16 heteroatoms. The summed E-state index contributed by atoms with van der Waals surface area (Å²) in [6, 6.07) is 7.04. The Kier molecular flexibility index (Phi) is 47.7. The highest BCUT2D eigenvalue weighted by molar-refractivity contribution is 6.87. The molecule has 0 spiro atoms. The lowest BCUT2D eigenvalue weighted by Crippen LogP contribution is -2.54. The van der Waals surface area contributed by atoms with E-state index in [2.05, 4.69) is 260 Å². The Morgan fingerprint density at radius 1 is 0.471 bits per heavy atom. The molecule has 0 aliphatic carbocycles. The van der Waals surface area contributed by atoms with Crippen LogP contribution in [0.3, 0.4) is 0 Å². The average Bonchev–Trinajstić information content (AvgIpc) is 3.29. The molecule has 0 amide bonds. The van der Waals surface area contributed by atoms with Crippen LogP contribution in [-0.2, 0) is 27.3 Å². The van der Waals surface area contributed by atoms with Gasteiger partial charge < -0.3 is 17.7 Å². The van der Waals surface area contributed by atoms with Gasteiger partial charge in [0.2, 0.25) is 0 Å². The van der Waals surface area contributed by atoms with E-state index in [0.29, 0.717) is 5.04 Å². The molecule has 1 saturated heterocycles. The maximum atomic E-state index is 12.3. The van der Waals surface area contributed by atoms with Crippen molar-refractivity contribution in [1.29, 1.82) is 0 Å². The summed E-state index contributed by atoms with van der Waals surface area (Å²) in [7, 11) is -11.6. The molecule has 1 fully saturated rings. The molecular weight excluding hydrogens is 1230 g/mol. The SMILES string of the molecule is CCC(C)(C)C(=O)OC(C[Si](C)(C)C)C[Si](C)(C)C.CCC(C)(C)C(=O)OC1C[Si](C)(C)O[Si](C)(C)C1.CCC(C)CC[Si](C)(C)C.CCC(C)C[Si](C)(C)C.CCC(C)[Si](C)(C)C.CCC(C)[Si](C)(C)C(C)(C)C.CCC(C)[Si](C)(C)O[Si](C)(C)C. The summed E-state index contributed by atoms with van der Waals surface area (Å²) < 4.78 is 24.2. The van der Waals surface area contributed by atoms with Gasteiger partial charge in [0.1, 0.15) is 6.10 Å². The van der Waals surface area contributed by atoms with Gasteiger partial charge in [-0.25, -0.2) is 0 Å². The van der Waals surface area contributed by atoms with E-state index < -0.39 is 81.7 Å². The fourth-order valence-electron chi connectivity index (χ4n) is 9.83. The molecule has 0 aromatic rings. The number of carbonyl (C=O) groups is 2. The van der Waals surface area contributed by atoms with Crippen LogP contribution in [0.1, 0.15) is 183 Å². The Bertz CT molecular complexity index is 1750. The summed E-state index contributed by atoms with van der Waals surface area (Å²) in [6.07, 6.45) is 9.98. The van der Waals surface area contributed by atoms with Crippen LogP contribution in [0.25, 0.3) is 0 Å². The van der Waals surface area contributed by atoms with E-state index in [9.17, 15) is 9.59 Å². The Morgan fingerprint density at radius 3 is 1.05 bits per heavy atom. The van der Waals surface area contributed by atoms with Gasteiger partial charge >= 0.3 is 11.9 Å². The first-order valence-electron chi connectivity index (χ1n) is 35.9. The van der Waals surface area contributed by atoms with Crippen molar-refractivity contribution in [2.24, 2.45) is 22.7 Å². The van der Waals surface area contributed by atoms with Crippen molar-refractivity contribution < 1.29 is 27.3 Å². The molecule has 5 atom stereocenters. The van der Waals surface area contributed by atoms with Crippen LogP contribution in [0.15, 0.2) is 0 Å². The predicted octanol–water partition coefficient (Wildman–Crippen LogP) is 27.2. The third-order valence-electron chi connectivity index (χ3n) is 19.1. The topological polar surface area (TPSA) is 71.1 Å². The zero-order valence-corrected chi connectivity index (χ0v) is 78.9. The van der Waals surface area contributed by atoms with E-state index in [0.717, 1.165) is 65.5 Å². The predicted molar refractivity (Wildman–Crippen MR) is 431 cm³/mol. The molecule has 1 aliphatic heterocycles. The van der Waals surface area contributed by atoms with Gasteiger partial charge in [-0.2, -0.15) is 0 Å². The van der Waals surface area contributed by atoms with Gasteiger partial charge in [0.15, 0.2) is 33.3 Å². The van der Waals surface area contributed by atoms with Gasteiger partial charge in [0, 0.05) is 52.5 Å². The maximum absolute atomic E-state index is 12.3. The van der Waals surface area contributed by atoms with Crippen LogP contribution >= 0.6 is 0 Å². The molecule has 0 bridgehead atoms. The number of hydrogen-bond acceptors (Lipinski definition) is 6. The smallest absolute Gasteiger partial charge is 0.311 e. The zero-order valence-electron chi connectivity index (χ0n) is 68.9. The lowest BCUT2D eigenvalue weighted by atomic mass is 9.90. The highest BCUT2D eigenvalue weighted by Gasteiger charge is 2.45. The lowest BCUT2D eigenvalue weighted by Gasteiger charge is -2.43. The van der Waals surface area contributed by atoms with Crippen LogP contribution in [0, 0.1) is 22.7 Å². The van der Waals surface area contributed by atoms with Crippen molar-refractivity contribution in [3.8, 4) is 0 Å². The second kappa shape index (κ2) is 41.9. The molecule has 0 aromatic heterocycles. The van der Waals surface area contributed by atoms with Gasteiger partial charge in [0.25, 0.3) is 0 Å². The van der Waals surface area contributed by atoms with Crippen LogP contribution < -0.4 is 0 Å². The van der Waals surface area contributed by atoms with Crippen LogP contribution in [0.4, 0.5) is 0 Å². The number of ether oxygens (including phenoxy) is 2. The summed E-state index contributed by atoms with van der Waals surface area (Å²) in [5, 5.41) is 0.558. The Labute approximate surface area is 562 Å². The molecule has 0 radical (unpaired) electrons. The molecule has 6 nitrogen and oxygen atoms in total. The summed E-state index contributed by atoms with van der Waals surface area (Å²) >= 11 is 0. The van der Waals surface area contributed by atoms with Crippen LogP contribution in [-0.4, -0.2) is 106 Å². The number of carbonyl (C=O) groups excluding carboxylic acids is 2. The molecule has 5 unspecified atom stereocenters. The molecule has 1 rings (SSSR count). The van der Waals surface area contributed by atoms with E-state index in [4.69, 9.17) is 17.7 Å². The van der Waals surface area contributed by atoms with E-state index in [1.54, 1.807) is 0 Å². The van der Waals surface area contributed by atoms with E-state index in [1.807, 2.05) is 41.5 Å². The van der Waals surface area contributed by atoms with Crippen molar-refractivity contribution in [3.05, 3.63) is 0 Å². The average molecular weight is 1400 g/mol. The molecular formula is C71H170O6Si10. The normalized spacial score (nSPS) is 17.1. The molecule has 0 N–H and O–H groups in total. The van der Waals surface area contributed by atoms with Crippen molar-refractivity contribution in [2.75, 3.05) is 0 Å². The van der Waals surface area contributed by atoms with Crippen molar-refractivity contribution in [3.63, 3.8) is 0 Å². The number of hydrogen-bond donors (Lipinski definition) is 0. The van der Waals surface area contributed by atoms with Crippen LogP contribution in [0.5, 0.6) is 0 Å². The number of rotatable bonds is 25. The third-order valence-corrected chi connectivity index (χ3v) is 50.9. The van der Waals surface area contributed by atoms with Crippen molar-refractivity contribution in [2.45, 2.75) is 423 Å². The first-order valence-corrected chi connectivity index (χ1v) is 70.0. The summed E-state index contributed by atoms with van der Waals surface area (Å²) in [5.41, 5.74) is 2.00. The summed E-state index contributed by atoms with van der Waals surface area (Å²) in [5.74, 6) is 1.84. The third kappa shape index (κ3) is 54.9. The fraction of sp³-hybridized carbons (Fsp3) is 0.972.